The molecule has 1 aliphatic heterocycles. The van der Waals surface area contributed by atoms with E-state index in [2.05, 4.69) is 17.1 Å². The fourth-order valence-electron chi connectivity index (χ4n) is 2.84. The third-order valence-electron chi connectivity index (χ3n) is 4.04. The minimum absolute atomic E-state index is 0.123. The van der Waals surface area contributed by atoms with Crippen molar-refractivity contribution in [1.29, 1.82) is 0 Å². The van der Waals surface area contributed by atoms with Crippen molar-refractivity contribution in [1.82, 2.24) is 10.2 Å². The van der Waals surface area contributed by atoms with Crippen LogP contribution in [-0.2, 0) is 0 Å². The highest BCUT2D eigenvalue weighted by Crippen LogP contribution is 2.24. The van der Waals surface area contributed by atoms with E-state index < -0.39 is 4.92 Å². The van der Waals surface area contributed by atoms with E-state index in [0.29, 0.717) is 18.3 Å². The van der Waals surface area contributed by atoms with Crippen LogP contribution in [0.2, 0.25) is 0 Å². The molecular formula is C15H21N3O4. The van der Waals surface area contributed by atoms with Crippen molar-refractivity contribution >= 4 is 11.6 Å². The number of carbonyl (C=O) groups excluding carboxylic acids is 1. The molecule has 1 heterocycles. The van der Waals surface area contributed by atoms with Crippen LogP contribution in [0.1, 0.15) is 30.1 Å². The Morgan fingerprint density at radius 1 is 1.55 bits per heavy atom. The lowest BCUT2D eigenvalue weighted by atomic mass is 10.1. The Morgan fingerprint density at radius 3 is 2.95 bits per heavy atom. The van der Waals surface area contributed by atoms with Gasteiger partial charge in [-0.2, -0.15) is 0 Å². The van der Waals surface area contributed by atoms with Crippen molar-refractivity contribution in [3.05, 3.63) is 33.9 Å². The molecule has 0 saturated carbocycles. The summed E-state index contributed by atoms with van der Waals surface area (Å²) in [5, 5.41) is 13.7. The predicted molar refractivity (Wildman–Crippen MR) is 82.3 cm³/mol. The molecule has 1 atom stereocenters. The molecular weight excluding hydrogens is 286 g/mol. The second-order valence-electron chi connectivity index (χ2n) is 5.28. The average Bonchev–Trinajstić information content (AvgIpc) is 2.99. The smallest absolute Gasteiger partial charge is 0.270 e. The molecule has 1 fully saturated rings. The number of nitrogens with zero attached hydrogens (tertiary/aromatic N) is 2. The number of likely N-dealkylation sites (N-methyl/N-ethyl adjacent to an activating group) is 1. The number of ether oxygens (including phenoxy) is 1. The Balaban J connectivity index is 2.08. The number of nitrogens with one attached hydrogen (secondary N) is 1. The van der Waals surface area contributed by atoms with Gasteiger partial charge in [-0.3, -0.25) is 19.8 Å². The molecule has 0 bridgehead atoms. The third kappa shape index (κ3) is 3.54. The van der Waals surface area contributed by atoms with Crippen LogP contribution in [0.5, 0.6) is 5.75 Å². The molecule has 1 amide bonds. The van der Waals surface area contributed by atoms with Crippen LogP contribution < -0.4 is 10.1 Å². The van der Waals surface area contributed by atoms with Crippen molar-refractivity contribution in [3.8, 4) is 5.75 Å². The summed E-state index contributed by atoms with van der Waals surface area (Å²) in [6.45, 7) is 4.65. The Labute approximate surface area is 129 Å². The number of amides is 1. The summed E-state index contributed by atoms with van der Waals surface area (Å²) in [6, 6.07) is 4.35. The van der Waals surface area contributed by atoms with Crippen LogP contribution in [0.4, 0.5) is 5.69 Å². The van der Waals surface area contributed by atoms with E-state index in [9.17, 15) is 14.9 Å². The van der Waals surface area contributed by atoms with Crippen molar-refractivity contribution in [2.75, 3.05) is 26.7 Å². The number of nitro groups is 1. The van der Waals surface area contributed by atoms with E-state index in [1.165, 1.54) is 25.3 Å². The van der Waals surface area contributed by atoms with Crippen molar-refractivity contribution in [2.45, 2.75) is 25.8 Å². The first-order chi connectivity index (χ1) is 10.6. The quantitative estimate of drug-likeness (QED) is 0.640. The third-order valence-corrected chi connectivity index (χ3v) is 4.04. The lowest BCUT2D eigenvalue weighted by Gasteiger charge is -2.23. The Bertz CT molecular complexity index is 562. The van der Waals surface area contributed by atoms with Crippen LogP contribution in [-0.4, -0.2) is 48.5 Å². The maximum atomic E-state index is 12.3. The molecule has 1 saturated heterocycles. The van der Waals surface area contributed by atoms with Gasteiger partial charge in [0.15, 0.2) is 0 Å². The number of hydrogen-bond donors (Lipinski definition) is 1. The second kappa shape index (κ2) is 7.22. The molecule has 0 aliphatic carbocycles. The molecule has 22 heavy (non-hydrogen) atoms. The molecule has 0 aromatic heterocycles. The van der Waals surface area contributed by atoms with Gasteiger partial charge in [0.1, 0.15) is 5.75 Å². The number of non-ortho nitro benzene ring substituents is 1. The molecule has 0 spiro atoms. The maximum Gasteiger partial charge on any atom is 0.270 e. The standard InChI is InChI=1S/C15H21N3O4/c1-3-17-8-4-5-12(17)10-16-15(19)13-9-11(18(20)21)6-7-14(13)22-2/h6-7,9,12H,3-5,8,10H2,1-2H3,(H,16,19)/t12-/m0/s1. The average molecular weight is 307 g/mol. The second-order valence-corrected chi connectivity index (χ2v) is 5.28. The van der Waals surface area contributed by atoms with E-state index in [0.717, 1.165) is 25.9 Å². The zero-order valence-corrected chi connectivity index (χ0v) is 12.9. The minimum atomic E-state index is -0.522. The molecule has 7 heteroatoms. The van der Waals surface area contributed by atoms with Gasteiger partial charge < -0.3 is 10.1 Å². The predicted octanol–water partition coefficient (Wildman–Crippen LogP) is 1.82. The van der Waals surface area contributed by atoms with Gasteiger partial charge in [-0.05, 0) is 32.0 Å². The molecule has 2 rings (SSSR count). The summed E-state index contributed by atoms with van der Waals surface area (Å²) in [4.78, 5) is 25.0. The van der Waals surface area contributed by atoms with Gasteiger partial charge in [0, 0.05) is 24.7 Å². The molecule has 7 nitrogen and oxygen atoms in total. The van der Waals surface area contributed by atoms with Gasteiger partial charge in [-0.15, -0.1) is 0 Å². The first-order valence-corrected chi connectivity index (χ1v) is 7.41. The van der Waals surface area contributed by atoms with Gasteiger partial charge in [-0.1, -0.05) is 6.92 Å². The van der Waals surface area contributed by atoms with Gasteiger partial charge >= 0.3 is 0 Å². The summed E-state index contributed by atoms with van der Waals surface area (Å²) in [5.41, 5.74) is 0.0692. The van der Waals surface area contributed by atoms with Gasteiger partial charge in [0.2, 0.25) is 0 Å². The Morgan fingerprint density at radius 2 is 2.32 bits per heavy atom. The molecule has 1 aromatic rings. The molecule has 1 aromatic carbocycles. The number of hydrogen-bond acceptors (Lipinski definition) is 5. The topological polar surface area (TPSA) is 84.7 Å². The first kappa shape index (κ1) is 16.2. The van der Waals surface area contributed by atoms with Gasteiger partial charge in [0.05, 0.1) is 17.6 Å². The summed E-state index contributed by atoms with van der Waals surface area (Å²) in [7, 11) is 1.44. The fourth-order valence-corrected chi connectivity index (χ4v) is 2.84. The zero-order chi connectivity index (χ0) is 16.1. The number of rotatable bonds is 6. The normalized spacial score (nSPS) is 18.2. The van der Waals surface area contributed by atoms with Crippen LogP contribution in [0.3, 0.4) is 0 Å². The fraction of sp³-hybridized carbons (Fsp3) is 0.533. The van der Waals surface area contributed by atoms with Crippen molar-refractivity contribution in [3.63, 3.8) is 0 Å². The first-order valence-electron chi connectivity index (χ1n) is 7.41. The lowest BCUT2D eigenvalue weighted by Crippen LogP contribution is -2.40. The minimum Gasteiger partial charge on any atom is -0.496 e. The molecule has 1 aliphatic rings. The molecule has 120 valence electrons. The maximum absolute atomic E-state index is 12.3. The zero-order valence-electron chi connectivity index (χ0n) is 12.9. The summed E-state index contributed by atoms with van der Waals surface area (Å²) < 4.78 is 5.12. The Hall–Kier alpha value is -2.15. The SMILES string of the molecule is CCN1CCC[C@H]1CNC(=O)c1cc([N+](=O)[O-])ccc1OC. The monoisotopic (exact) mass is 307 g/mol. The lowest BCUT2D eigenvalue weighted by molar-refractivity contribution is -0.384. The Kier molecular flexibility index (Phi) is 5.32. The van der Waals surface area contributed by atoms with E-state index in [1.807, 2.05) is 0 Å². The van der Waals surface area contributed by atoms with Crippen molar-refractivity contribution < 1.29 is 14.5 Å². The molecule has 0 radical (unpaired) electrons. The summed E-state index contributed by atoms with van der Waals surface area (Å²) in [5.74, 6) is -0.00891. The van der Waals surface area contributed by atoms with Crippen LogP contribution in [0.15, 0.2) is 18.2 Å². The number of likely N-dealkylation sites (tertiary alicyclic amines) is 1. The van der Waals surface area contributed by atoms with Crippen molar-refractivity contribution in [2.24, 2.45) is 0 Å². The van der Waals surface area contributed by atoms with Crippen LogP contribution in [0, 0.1) is 10.1 Å². The van der Waals surface area contributed by atoms with Crippen LogP contribution in [0.25, 0.3) is 0 Å². The van der Waals surface area contributed by atoms with Gasteiger partial charge in [0.25, 0.3) is 11.6 Å². The van der Waals surface area contributed by atoms with E-state index in [1.54, 1.807) is 0 Å². The molecule has 0 unspecified atom stereocenters. The highest BCUT2D eigenvalue weighted by Gasteiger charge is 2.24. The highest BCUT2D eigenvalue weighted by atomic mass is 16.6. The van der Waals surface area contributed by atoms with E-state index in [4.69, 9.17) is 4.74 Å². The van der Waals surface area contributed by atoms with Crippen LogP contribution >= 0.6 is 0 Å². The van der Waals surface area contributed by atoms with Gasteiger partial charge in [-0.25, -0.2) is 0 Å². The number of nitro benzene ring substituents is 1. The van der Waals surface area contributed by atoms with E-state index in [-0.39, 0.29) is 17.2 Å². The number of benzene rings is 1. The summed E-state index contributed by atoms with van der Waals surface area (Å²) in [6.07, 6.45) is 2.19. The molecule has 1 N–H and O–H groups in total. The number of methoxy groups -OCH3 is 1. The number of carbonyl (C=O) groups is 1. The van der Waals surface area contributed by atoms with E-state index >= 15 is 0 Å². The highest BCUT2D eigenvalue weighted by molar-refractivity contribution is 5.97. The summed E-state index contributed by atoms with van der Waals surface area (Å²) >= 11 is 0. The largest absolute Gasteiger partial charge is 0.496 e.